The van der Waals surface area contributed by atoms with Crippen molar-refractivity contribution in [3.8, 4) is 11.5 Å². The van der Waals surface area contributed by atoms with Gasteiger partial charge in [0.25, 0.3) is 0 Å². The number of methoxy groups -OCH3 is 2. The second-order valence-electron chi connectivity index (χ2n) is 4.57. The molecule has 0 saturated carbocycles. The van der Waals surface area contributed by atoms with Crippen LogP contribution in [0.15, 0.2) is 54.0 Å². The molecule has 124 valence electrons. The molecule has 7 heteroatoms. The summed E-state index contributed by atoms with van der Waals surface area (Å²) in [4.78, 5) is 20.3. The fraction of sp³-hybridized carbons (Fsp3) is 0.118. The van der Waals surface area contributed by atoms with E-state index in [1.807, 2.05) is 0 Å². The molecule has 24 heavy (non-hydrogen) atoms. The molecule has 7 nitrogen and oxygen atoms in total. The highest BCUT2D eigenvalue weighted by Crippen LogP contribution is 2.27. The van der Waals surface area contributed by atoms with E-state index in [-0.39, 0.29) is 5.84 Å². The van der Waals surface area contributed by atoms with Gasteiger partial charge in [0, 0.05) is 24.0 Å². The number of rotatable bonds is 6. The highest BCUT2D eigenvalue weighted by molar-refractivity contribution is 5.97. The van der Waals surface area contributed by atoms with Crippen LogP contribution in [0.5, 0.6) is 11.5 Å². The van der Waals surface area contributed by atoms with E-state index in [2.05, 4.69) is 10.1 Å². The van der Waals surface area contributed by atoms with E-state index >= 15 is 0 Å². The Kier molecular flexibility index (Phi) is 5.90. The lowest BCUT2D eigenvalue weighted by molar-refractivity contribution is -0.137. The van der Waals surface area contributed by atoms with Gasteiger partial charge in [-0.3, -0.25) is 4.98 Å². The predicted molar refractivity (Wildman–Crippen MR) is 89.6 cm³/mol. The smallest absolute Gasteiger partial charge is 0.358 e. The van der Waals surface area contributed by atoms with E-state index in [1.165, 1.54) is 13.2 Å². The molecule has 0 unspecified atom stereocenters. The molecule has 2 N–H and O–H groups in total. The van der Waals surface area contributed by atoms with Crippen molar-refractivity contribution in [2.24, 2.45) is 10.9 Å². The third-order valence-electron chi connectivity index (χ3n) is 3.03. The van der Waals surface area contributed by atoms with E-state index < -0.39 is 5.97 Å². The summed E-state index contributed by atoms with van der Waals surface area (Å²) in [6.07, 6.45) is 5.94. The van der Waals surface area contributed by atoms with E-state index in [9.17, 15) is 4.79 Å². The van der Waals surface area contributed by atoms with Crippen molar-refractivity contribution in [1.29, 1.82) is 0 Å². The number of pyridine rings is 1. The van der Waals surface area contributed by atoms with Gasteiger partial charge < -0.3 is 20.0 Å². The Labute approximate surface area is 139 Å². The molecule has 0 aliphatic heterocycles. The molecule has 2 rings (SSSR count). The lowest BCUT2D eigenvalue weighted by atomic mass is 10.2. The molecule has 0 amide bonds. The normalized spacial score (nSPS) is 11.3. The number of amidine groups is 1. The molecule has 2 aromatic rings. The first-order valence-corrected chi connectivity index (χ1v) is 6.99. The van der Waals surface area contributed by atoms with Gasteiger partial charge in [0.1, 0.15) is 0 Å². The Morgan fingerprint density at radius 3 is 2.50 bits per heavy atom. The molecular formula is C17H17N3O4. The van der Waals surface area contributed by atoms with Gasteiger partial charge in [-0.25, -0.2) is 4.79 Å². The second kappa shape index (κ2) is 8.33. The fourth-order valence-corrected chi connectivity index (χ4v) is 1.82. The lowest BCUT2D eigenvalue weighted by Gasteiger charge is -2.07. The van der Waals surface area contributed by atoms with E-state index in [1.54, 1.807) is 55.9 Å². The van der Waals surface area contributed by atoms with Gasteiger partial charge in [0.15, 0.2) is 17.3 Å². The number of nitrogens with zero attached hydrogens (tertiary/aromatic N) is 2. The Balaban J connectivity index is 2.00. The summed E-state index contributed by atoms with van der Waals surface area (Å²) in [6, 6.07) is 8.57. The summed E-state index contributed by atoms with van der Waals surface area (Å²) in [7, 11) is 3.09. The predicted octanol–water partition coefficient (Wildman–Crippen LogP) is 1.98. The minimum Gasteiger partial charge on any atom is -0.493 e. The summed E-state index contributed by atoms with van der Waals surface area (Å²) in [5, 5.41) is 3.59. The number of ether oxygens (including phenoxy) is 2. The Morgan fingerprint density at radius 1 is 1.12 bits per heavy atom. The maximum absolute atomic E-state index is 11.7. The van der Waals surface area contributed by atoms with Crippen molar-refractivity contribution in [2.75, 3.05) is 14.2 Å². The zero-order valence-electron chi connectivity index (χ0n) is 13.3. The van der Waals surface area contributed by atoms with Gasteiger partial charge in [0.2, 0.25) is 0 Å². The van der Waals surface area contributed by atoms with Crippen LogP contribution in [0.2, 0.25) is 0 Å². The van der Waals surface area contributed by atoms with Crippen molar-refractivity contribution >= 4 is 17.9 Å². The largest absolute Gasteiger partial charge is 0.493 e. The number of oxime groups is 1. The van der Waals surface area contributed by atoms with Crippen LogP contribution in [0.4, 0.5) is 0 Å². The first-order valence-electron chi connectivity index (χ1n) is 6.99. The average Bonchev–Trinajstić information content (AvgIpc) is 2.64. The van der Waals surface area contributed by atoms with Crippen molar-refractivity contribution in [1.82, 2.24) is 4.98 Å². The van der Waals surface area contributed by atoms with Gasteiger partial charge in [-0.1, -0.05) is 11.2 Å². The van der Waals surface area contributed by atoms with Gasteiger partial charge in [-0.2, -0.15) is 0 Å². The third kappa shape index (κ3) is 4.57. The van der Waals surface area contributed by atoms with Crippen LogP contribution in [-0.2, 0) is 9.63 Å². The number of carbonyl (C=O) groups excluding carboxylic acids is 1. The number of hydrogen-bond donors (Lipinski definition) is 1. The zero-order chi connectivity index (χ0) is 17.4. The molecule has 1 aromatic carbocycles. The standard InChI is InChI=1S/C17H17N3O4/c1-22-14-5-3-12(11-15(14)23-2)4-6-16(21)24-20-17(18)13-7-9-19-10-8-13/h3-11H,1-2H3,(H2,18,20). The van der Waals surface area contributed by atoms with Crippen LogP contribution in [0, 0.1) is 0 Å². The molecule has 0 aliphatic rings. The van der Waals surface area contributed by atoms with E-state index in [0.717, 1.165) is 5.56 Å². The topological polar surface area (TPSA) is 96.0 Å². The first-order chi connectivity index (χ1) is 11.6. The summed E-state index contributed by atoms with van der Waals surface area (Å²) in [6.45, 7) is 0. The fourth-order valence-electron chi connectivity index (χ4n) is 1.82. The molecule has 1 aromatic heterocycles. The molecule has 0 spiro atoms. The number of aromatic nitrogens is 1. The molecule has 1 heterocycles. The van der Waals surface area contributed by atoms with Crippen LogP contribution >= 0.6 is 0 Å². The molecule has 0 bridgehead atoms. The minimum absolute atomic E-state index is 0.0882. The summed E-state index contributed by atoms with van der Waals surface area (Å²) in [5.74, 6) is 0.604. The molecule has 0 atom stereocenters. The van der Waals surface area contributed by atoms with Crippen LogP contribution in [0.3, 0.4) is 0 Å². The molecule has 0 radical (unpaired) electrons. The first kappa shape index (κ1) is 17.0. The van der Waals surface area contributed by atoms with Crippen molar-refractivity contribution in [3.05, 3.63) is 59.9 Å². The third-order valence-corrected chi connectivity index (χ3v) is 3.03. The summed E-state index contributed by atoms with van der Waals surface area (Å²) < 4.78 is 10.3. The van der Waals surface area contributed by atoms with Gasteiger partial charge in [0.05, 0.1) is 14.2 Å². The maximum atomic E-state index is 11.7. The van der Waals surface area contributed by atoms with E-state index in [4.69, 9.17) is 20.0 Å². The SMILES string of the molecule is COc1ccc(C=CC(=O)ON=C(N)c2ccncc2)cc1OC. The Bertz CT molecular complexity index is 758. The van der Waals surface area contributed by atoms with Crippen molar-refractivity contribution < 1.29 is 19.1 Å². The van der Waals surface area contributed by atoms with Gasteiger partial charge in [-0.15, -0.1) is 0 Å². The van der Waals surface area contributed by atoms with Crippen molar-refractivity contribution in [2.45, 2.75) is 0 Å². The average molecular weight is 327 g/mol. The highest BCUT2D eigenvalue weighted by atomic mass is 16.7. The summed E-state index contributed by atoms with van der Waals surface area (Å²) in [5.41, 5.74) is 7.07. The van der Waals surface area contributed by atoms with Crippen molar-refractivity contribution in [3.63, 3.8) is 0 Å². The monoisotopic (exact) mass is 327 g/mol. The van der Waals surface area contributed by atoms with E-state index in [0.29, 0.717) is 17.1 Å². The quantitative estimate of drug-likeness (QED) is 0.286. The number of nitrogens with two attached hydrogens (primary N) is 1. The lowest BCUT2D eigenvalue weighted by Crippen LogP contribution is -2.14. The van der Waals surface area contributed by atoms with Gasteiger partial charge >= 0.3 is 5.97 Å². The maximum Gasteiger partial charge on any atom is 0.358 e. The number of benzene rings is 1. The van der Waals surface area contributed by atoms with Crippen LogP contribution in [0.25, 0.3) is 6.08 Å². The summed E-state index contributed by atoms with van der Waals surface area (Å²) >= 11 is 0. The zero-order valence-corrected chi connectivity index (χ0v) is 13.3. The Hall–Kier alpha value is -3.35. The Morgan fingerprint density at radius 2 is 1.83 bits per heavy atom. The van der Waals surface area contributed by atoms with Gasteiger partial charge in [-0.05, 0) is 35.9 Å². The highest BCUT2D eigenvalue weighted by Gasteiger charge is 2.04. The second-order valence-corrected chi connectivity index (χ2v) is 4.57. The minimum atomic E-state index is -0.651. The number of hydrogen-bond acceptors (Lipinski definition) is 6. The number of carbonyl (C=O) groups is 1. The molecule has 0 fully saturated rings. The van der Waals surface area contributed by atoms with Crippen LogP contribution in [-0.4, -0.2) is 31.0 Å². The van der Waals surface area contributed by atoms with Crippen LogP contribution in [0.1, 0.15) is 11.1 Å². The molecule has 0 aliphatic carbocycles. The molecule has 0 saturated heterocycles. The van der Waals surface area contributed by atoms with Crippen LogP contribution < -0.4 is 15.2 Å². The molecular weight excluding hydrogens is 310 g/mol.